The fourth-order valence-corrected chi connectivity index (χ4v) is 3.56. The number of amides is 2. The van der Waals surface area contributed by atoms with Crippen LogP contribution in [-0.4, -0.2) is 16.8 Å². The number of nitrogens with zero attached hydrogens (tertiary/aromatic N) is 1. The zero-order valence-corrected chi connectivity index (χ0v) is 15.8. The van der Waals surface area contributed by atoms with Crippen LogP contribution in [0.3, 0.4) is 0 Å². The number of benzene rings is 1. The minimum absolute atomic E-state index is 0.0361. The molecule has 0 atom stereocenters. The van der Waals surface area contributed by atoms with E-state index in [2.05, 4.69) is 15.6 Å². The van der Waals surface area contributed by atoms with Gasteiger partial charge in [0.15, 0.2) is 0 Å². The molecule has 0 bridgehead atoms. The minimum Gasteiger partial charge on any atom is -0.326 e. The van der Waals surface area contributed by atoms with Crippen LogP contribution in [0.1, 0.15) is 60.9 Å². The molecule has 1 aliphatic carbocycles. The predicted octanol–water partition coefficient (Wildman–Crippen LogP) is 4.94. The number of carbonyl (C=O) groups excluding carboxylic acids is 2. The molecular formula is C22H27N3O2. The van der Waals surface area contributed by atoms with Gasteiger partial charge in [-0.15, -0.1) is 0 Å². The van der Waals surface area contributed by atoms with E-state index in [1.165, 1.54) is 38.3 Å². The second-order valence-electron chi connectivity index (χ2n) is 7.32. The van der Waals surface area contributed by atoms with Crippen LogP contribution in [0.2, 0.25) is 0 Å². The van der Waals surface area contributed by atoms with Crippen molar-refractivity contribution in [2.24, 2.45) is 5.92 Å². The van der Waals surface area contributed by atoms with E-state index in [1.807, 2.05) is 25.1 Å². The van der Waals surface area contributed by atoms with Crippen molar-refractivity contribution < 1.29 is 9.59 Å². The molecule has 0 aliphatic heterocycles. The largest absolute Gasteiger partial charge is 0.326 e. The van der Waals surface area contributed by atoms with Gasteiger partial charge in [0.25, 0.3) is 5.91 Å². The first kappa shape index (κ1) is 19.1. The second-order valence-corrected chi connectivity index (χ2v) is 7.32. The van der Waals surface area contributed by atoms with Crippen LogP contribution >= 0.6 is 0 Å². The number of hydrogen-bond acceptors (Lipinski definition) is 3. The molecule has 2 amide bonds. The molecule has 5 heteroatoms. The smallest absolute Gasteiger partial charge is 0.257 e. The molecule has 0 spiro atoms. The molecule has 0 radical (unpaired) electrons. The van der Waals surface area contributed by atoms with Crippen molar-refractivity contribution in [1.29, 1.82) is 0 Å². The molecule has 0 unspecified atom stereocenters. The van der Waals surface area contributed by atoms with E-state index < -0.39 is 0 Å². The number of aryl methyl sites for hydroxylation is 1. The van der Waals surface area contributed by atoms with Crippen LogP contribution in [-0.2, 0) is 4.79 Å². The van der Waals surface area contributed by atoms with Gasteiger partial charge in [-0.2, -0.15) is 0 Å². The fraction of sp³-hybridized carbons (Fsp3) is 0.409. The summed E-state index contributed by atoms with van der Waals surface area (Å²) in [5.41, 5.74) is 2.83. The third kappa shape index (κ3) is 5.64. The lowest BCUT2D eigenvalue weighted by molar-refractivity contribution is -0.116. The van der Waals surface area contributed by atoms with Gasteiger partial charge in [-0.3, -0.25) is 14.6 Å². The Bertz CT molecular complexity index is 783. The van der Waals surface area contributed by atoms with Crippen LogP contribution in [0.5, 0.6) is 0 Å². The van der Waals surface area contributed by atoms with Crippen molar-refractivity contribution in [3.63, 3.8) is 0 Å². The quantitative estimate of drug-likeness (QED) is 0.761. The van der Waals surface area contributed by atoms with E-state index in [0.717, 1.165) is 12.0 Å². The Morgan fingerprint density at radius 3 is 2.67 bits per heavy atom. The van der Waals surface area contributed by atoms with Crippen molar-refractivity contribution in [3.8, 4) is 0 Å². The molecule has 142 valence electrons. The summed E-state index contributed by atoms with van der Waals surface area (Å²) in [5.74, 6) is 0.512. The summed E-state index contributed by atoms with van der Waals surface area (Å²) in [7, 11) is 0. The molecule has 5 nitrogen and oxygen atoms in total. The van der Waals surface area contributed by atoms with Crippen molar-refractivity contribution >= 4 is 23.2 Å². The Morgan fingerprint density at radius 1 is 1.11 bits per heavy atom. The average molecular weight is 365 g/mol. The number of pyridine rings is 1. The van der Waals surface area contributed by atoms with Gasteiger partial charge in [0.05, 0.1) is 5.56 Å². The summed E-state index contributed by atoms with van der Waals surface area (Å²) in [6, 6.07) is 9.02. The van der Waals surface area contributed by atoms with E-state index in [-0.39, 0.29) is 11.8 Å². The second kappa shape index (κ2) is 9.31. The van der Waals surface area contributed by atoms with Crippen molar-refractivity contribution in [1.82, 2.24) is 4.98 Å². The predicted molar refractivity (Wildman–Crippen MR) is 108 cm³/mol. The highest BCUT2D eigenvalue weighted by molar-refractivity contribution is 6.04. The Hall–Kier alpha value is -2.69. The van der Waals surface area contributed by atoms with E-state index in [0.29, 0.717) is 29.3 Å². The fourth-order valence-electron chi connectivity index (χ4n) is 3.56. The number of anilines is 2. The highest BCUT2D eigenvalue weighted by Crippen LogP contribution is 2.27. The molecule has 2 N–H and O–H groups in total. The maximum atomic E-state index is 12.3. The normalized spacial score (nSPS) is 14.6. The summed E-state index contributed by atoms with van der Waals surface area (Å²) in [5, 5.41) is 5.85. The van der Waals surface area contributed by atoms with Gasteiger partial charge < -0.3 is 10.6 Å². The van der Waals surface area contributed by atoms with Gasteiger partial charge in [-0.25, -0.2) is 0 Å². The summed E-state index contributed by atoms with van der Waals surface area (Å²) in [6.07, 6.45) is 11.1. The highest BCUT2D eigenvalue weighted by Gasteiger charge is 2.15. The first-order valence-corrected chi connectivity index (χ1v) is 9.73. The average Bonchev–Trinajstić information content (AvgIpc) is 2.70. The van der Waals surface area contributed by atoms with Gasteiger partial charge in [-0.1, -0.05) is 38.2 Å². The molecule has 2 aromatic rings. The van der Waals surface area contributed by atoms with Crippen molar-refractivity contribution in [2.45, 2.75) is 51.9 Å². The molecular weight excluding hydrogens is 338 g/mol. The zero-order valence-electron chi connectivity index (χ0n) is 15.8. The van der Waals surface area contributed by atoms with E-state index in [1.54, 1.807) is 18.3 Å². The standard InChI is InChI=1S/C22H27N3O2/c1-16-9-11-19(24-21(26)12-10-17-6-3-2-4-7-17)14-20(16)25-22(27)18-8-5-13-23-15-18/h5,8-9,11,13-15,17H,2-4,6-7,10,12H2,1H3,(H,24,26)(H,25,27). The van der Waals surface area contributed by atoms with Gasteiger partial charge in [0.2, 0.25) is 5.91 Å². The molecule has 1 fully saturated rings. The molecule has 3 rings (SSSR count). The number of rotatable bonds is 6. The Balaban J connectivity index is 1.57. The molecule has 0 saturated heterocycles. The topological polar surface area (TPSA) is 71.1 Å². The third-order valence-corrected chi connectivity index (χ3v) is 5.20. The van der Waals surface area contributed by atoms with Crippen LogP contribution in [0, 0.1) is 12.8 Å². The number of hydrogen-bond donors (Lipinski definition) is 2. The van der Waals surface area contributed by atoms with Gasteiger partial charge in [0, 0.05) is 30.2 Å². The van der Waals surface area contributed by atoms with Gasteiger partial charge >= 0.3 is 0 Å². The molecule has 1 aliphatic rings. The third-order valence-electron chi connectivity index (χ3n) is 5.20. The molecule has 1 aromatic heterocycles. The summed E-state index contributed by atoms with van der Waals surface area (Å²) < 4.78 is 0. The first-order valence-electron chi connectivity index (χ1n) is 9.73. The lowest BCUT2D eigenvalue weighted by atomic mass is 9.86. The molecule has 27 heavy (non-hydrogen) atoms. The number of carbonyl (C=O) groups is 2. The monoisotopic (exact) mass is 365 g/mol. The molecule has 1 aromatic carbocycles. The minimum atomic E-state index is -0.216. The summed E-state index contributed by atoms with van der Waals surface area (Å²) in [6.45, 7) is 1.92. The number of nitrogens with one attached hydrogen (secondary N) is 2. The zero-order chi connectivity index (χ0) is 19.1. The van der Waals surface area contributed by atoms with Crippen molar-refractivity contribution in [3.05, 3.63) is 53.9 Å². The number of aromatic nitrogens is 1. The Morgan fingerprint density at radius 2 is 1.93 bits per heavy atom. The van der Waals surface area contributed by atoms with Gasteiger partial charge in [0.1, 0.15) is 0 Å². The van der Waals surface area contributed by atoms with E-state index in [4.69, 9.17) is 0 Å². The SMILES string of the molecule is Cc1ccc(NC(=O)CCC2CCCCC2)cc1NC(=O)c1cccnc1. The maximum absolute atomic E-state index is 12.3. The summed E-state index contributed by atoms with van der Waals surface area (Å²) in [4.78, 5) is 28.6. The van der Waals surface area contributed by atoms with Gasteiger partial charge in [-0.05, 0) is 49.1 Å². The van der Waals surface area contributed by atoms with Crippen LogP contribution in [0.15, 0.2) is 42.7 Å². The van der Waals surface area contributed by atoms with Crippen molar-refractivity contribution in [2.75, 3.05) is 10.6 Å². The summed E-state index contributed by atoms with van der Waals surface area (Å²) >= 11 is 0. The lowest BCUT2D eigenvalue weighted by Gasteiger charge is -2.21. The lowest BCUT2D eigenvalue weighted by Crippen LogP contribution is -2.16. The molecule has 1 saturated carbocycles. The Kier molecular flexibility index (Phi) is 6.58. The highest BCUT2D eigenvalue weighted by atomic mass is 16.2. The first-order chi connectivity index (χ1) is 13.1. The van der Waals surface area contributed by atoms with Crippen LogP contribution in [0.4, 0.5) is 11.4 Å². The van der Waals surface area contributed by atoms with E-state index >= 15 is 0 Å². The van der Waals surface area contributed by atoms with E-state index in [9.17, 15) is 9.59 Å². The van der Waals surface area contributed by atoms with Crippen LogP contribution < -0.4 is 10.6 Å². The maximum Gasteiger partial charge on any atom is 0.257 e. The Labute approximate surface area is 160 Å². The van der Waals surface area contributed by atoms with Crippen LogP contribution in [0.25, 0.3) is 0 Å². The molecule has 1 heterocycles.